The molecule has 1 saturated heterocycles. The molecule has 1 N–H and O–H groups in total. The Morgan fingerprint density at radius 3 is 2.09 bits per heavy atom. The van der Waals surface area contributed by atoms with Gasteiger partial charge in [0.25, 0.3) is 0 Å². The Hall–Kier alpha value is -2.37. The minimum absolute atomic E-state index is 0.187. The van der Waals surface area contributed by atoms with Gasteiger partial charge < -0.3 is 19.5 Å². The standard InChI is InChI=1S/C30H43NO4/c1-2-3-16-27-20-21-28(31(27)30(33)35-24-26-14-8-5-9-15-26)17-10-18-29(32)19-11-22-34-23-25-12-6-4-7-13-25/h4-9,12-15,27-29,32H,2-3,10-11,16-24H2,1H3/t27-,28-,29?/m1/s1. The average molecular weight is 482 g/mol. The van der Waals surface area contributed by atoms with Gasteiger partial charge in [0.2, 0.25) is 0 Å². The highest BCUT2D eigenvalue weighted by atomic mass is 16.6. The summed E-state index contributed by atoms with van der Waals surface area (Å²) in [4.78, 5) is 15.1. The molecule has 0 aliphatic carbocycles. The molecule has 0 radical (unpaired) electrons. The second-order valence-electron chi connectivity index (χ2n) is 9.74. The van der Waals surface area contributed by atoms with Gasteiger partial charge in [-0.1, -0.05) is 80.4 Å². The number of unbranched alkanes of at least 4 members (excludes halogenated alkanes) is 1. The molecule has 2 aromatic rings. The molecule has 0 bridgehead atoms. The van der Waals surface area contributed by atoms with E-state index in [9.17, 15) is 9.90 Å². The minimum Gasteiger partial charge on any atom is -0.445 e. The van der Waals surface area contributed by atoms with Crippen molar-refractivity contribution in [1.29, 1.82) is 0 Å². The van der Waals surface area contributed by atoms with Crippen LogP contribution < -0.4 is 0 Å². The van der Waals surface area contributed by atoms with Gasteiger partial charge in [0.15, 0.2) is 0 Å². The van der Waals surface area contributed by atoms with Crippen LogP contribution in [0.4, 0.5) is 4.79 Å². The second kappa shape index (κ2) is 15.6. The van der Waals surface area contributed by atoms with Crippen molar-refractivity contribution in [2.45, 2.75) is 103 Å². The van der Waals surface area contributed by atoms with Crippen molar-refractivity contribution in [3.63, 3.8) is 0 Å². The van der Waals surface area contributed by atoms with E-state index in [1.54, 1.807) is 0 Å². The van der Waals surface area contributed by atoms with Crippen molar-refractivity contribution in [3.8, 4) is 0 Å². The number of hydrogen-bond donors (Lipinski definition) is 1. The Morgan fingerprint density at radius 1 is 0.886 bits per heavy atom. The van der Waals surface area contributed by atoms with Crippen molar-refractivity contribution in [2.75, 3.05) is 6.61 Å². The number of hydrogen-bond acceptors (Lipinski definition) is 4. The summed E-state index contributed by atoms with van der Waals surface area (Å²) < 4.78 is 11.4. The third-order valence-corrected chi connectivity index (χ3v) is 6.94. The molecular weight excluding hydrogens is 438 g/mol. The Balaban J connectivity index is 1.37. The fourth-order valence-corrected chi connectivity index (χ4v) is 4.98. The number of nitrogens with zero attached hydrogens (tertiary/aromatic N) is 1. The Bertz CT molecular complexity index is 829. The smallest absolute Gasteiger partial charge is 0.410 e. The van der Waals surface area contributed by atoms with Crippen LogP contribution in [0.15, 0.2) is 60.7 Å². The van der Waals surface area contributed by atoms with E-state index >= 15 is 0 Å². The number of aliphatic hydroxyl groups is 1. The molecule has 0 aromatic heterocycles. The Morgan fingerprint density at radius 2 is 1.46 bits per heavy atom. The summed E-state index contributed by atoms with van der Waals surface area (Å²) in [5.41, 5.74) is 2.19. The maximum atomic E-state index is 13.0. The van der Waals surface area contributed by atoms with Gasteiger partial charge in [0, 0.05) is 18.7 Å². The Kier molecular flexibility index (Phi) is 12.1. The van der Waals surface area contributed by atoms with Crippen molar-refractivity contribution < 1.29 is 19.4 Å². The van der Waals surface area contributed by atoms with E-state index in [1.165, 1.54) is 5.56 Å². The molecule has 3 rings (SSSR count). The van der Waals surface area contributed by atoms with E-state index in [2.05, 4.69) is 19.1 Å². The summed E-state index contributed by atoms with van der Waals surface area (Å²) in [6.07, 6.45) is 9.09. The molecular formula is C30H43NO4. The monoisotopic (exact) mass is 481 g/mol. The lowest BCUT2D eigenvalue weighted by molar-refractivity contribution is 0.0722. The summed E-state index contributed by atoms with van der Waals surface area (Å²) in [6, 6.07) is 20.5. The predicted molar refractivity (Wildman–Crippen MR) is 140 cm³/mol. The summed E-state index contributed by atoms with van der Waals surface area (Å²) in [7, 11) is 0. The maximum absolute atomic E-state index is 13.0. The SMILES string of the molecule is CCCC[C@@H]1CC[C@@H](CCCC(O)CCCOCc2ccccc2)N1C(=O)OCc1ccccc1. The predicted octanol–water partition coefficient (Wildman–Crippen LogP) is 6.87. The van der Waals surface area contributed by atoms with Crippen LogP contribution >= 0.6 is 0 Å². The fourth-order valence-electron chi connectivity index (χ4n) is 4.98. The third kappa shape index (κ3) is 9.65. The molecule has 2 aromatic carbocycles. The number of likely N-dealkylation sites (tertiary alicyclic amines) is 1. The highest BCUT2D eigenvalue weighted by Gasteiger charge is 2.37. The molecule has 5 nitrogen and oxygen atoms in total. The first kappa shape index (κ1) is 27.2. The molecule has 0 spiro atoms. The number of amides is 1. The van der Waals surface area contributed by atoms with Crippen LogP contribution in [0.5, 0.6) is 0 Å². The molecule has 1 unspecified atom stereocenters. The van der Waals surface area contributed by atoms with E-state index in [4.69, 9.17) is 9.47 Å². The lowest BCUT2D eigenvalue weighted by Gasteiger charge is -2.30. The van der Waals surface area contributed by atoms with E-state index in [0.29, 0.717) is 19.8 Å². The van der Waals surface area contributed by atoms with Crippen molar-refractivity contribution in [3.05, 3.63) is 71.8 Å². The first-order valence-corrected chi connectivity index (χ1v) is 13.5. The van der Waals surface area contributed by atoms with Crippen molar-refractivity contribution in [2.24, 2.45) is 0 Å². The second-order valence-corrected chi connectivity index (χ2v) is 9.74. The minimum atomic E-state index is -0.314. The van der Waals surface area contributed by atoms with Crippen LogP contribution in [0, 0.1) is 0 Å². The van der Waals surface area contributed by atoms with Crippen LogP contribution in [0.1, 0.15) is 82.3 Å². The molecule has 5 heteroatoms. The molecule has 192 valence electrons. The highest BCUT2D eigenvalue weighted by molar-refractivity contribution is 5.69. The van der Waals surface area contributed by atoms with Crippen LogP contribution in [0.25, 0.3) is 0 Å². The summed E-state index contributed by atoms with van der Waals surface area (Å²) in [5, 5.41) is 10.4. The zero-order valence-corrected chi connectivity index (χ0v) is 21.3. The van der Waals surface area contributed by atoms with Gasteiger partial charge in [0.1, 0.15) is 6.61 Å². The highest BCUT2D eigenvalue weighted by Crippen LogP contribution is 2.31. The fraction of sp³-hybridized carbons (Fsp3) is 0.567. The molecule has 3 atom stereocenters. The number of aliphatic hydroxyl groups excluding tert-OH is 1. The summed E-state index contributed by atoms with van der Waals surface area (Å²) in [5.74, 6) is 0. The van der Waals surface area contributed by atoms with E-state index < -0.39 is 0 Å². The van der Waals surface area contributed by atoms with Crippen LogP contribution in [0.3, 0.4) is 0 Å². The number of carbonyl (C=O) groups excluding carboxylic acids is 1. The molecule has 1 amide bonds. The van der Waals surface area contributed by atoms with Crippen molar-refractivity contribution in [1.82, 2.24) is 4.90 Å². The van der Waals surface area contributed by atoms with E-state index in [1.807, 2.05) is 53.4 Å². The van der Waals surface area contributed by atoms with Gasteiger partial charge in [0.05, 0.1) is 12.7 Å². The molecule has 1 aliphatic rings. The number of rotatable bonds is 15. The zero-order chi connectivity index (χ0) is 24.7. The first-order chi connectivity index (χ1) is 17.2. The quantitative estimate of drug-likeness (QED) is 0.282. The summed E-state index contributed by atoms with van der Waals surface area (Å²) in [6.45, 7) is 3.79. The number of ether oxygens (including phenoxy) is 2. The molecule has 1 aliphatic heterocycles. The van der Waals surface area contributed by atoms with E-state index in [-0.39, 0.29) is 24.3 Å². The lowest BCUT2D eigenvalue weighted by atomic mass is 10.0. The van der Waals surface area contributed by atoms with Gasteiger partial charge in [-0.15, -0.1) is 0 Å². The van der Waals surface area contributed by atoms with Gasteiger partial charge >= 0.3 is 6.09 Å². The van der Waals surface area contributed by atoms with Crippen molar-refractivity contribution >= 4 is 6.09 Å². The molecule has 1 heterocycles. The molecule has 1 fully saturated rings. The summed E-state index contributed by atoms with van der Waals surface area (Å²) >= 11 is 0. The van der Waals surface area contributed by atoms with Crippen LogP contribution in [0.2, 0.25) is 0 Å². The van der Waals surface area contributed by atoms with Crippen LogP contribution in [-0.4, -0.2) is 40.9 Å². The van der Waals surface area contributed by atoms with Gasteiger partial charge in [-0.2, -0.15) is 0 Å². The first-order valence-electron chi connectivity index (χ1n) is 13.5. The normalized spacial score (nSPS) is 18.5. The third-order valence-electron chi connectivity index (χ3n) is 6.94. The van der Waals surface area contributed by atoms with E-state index in [0.717, 1.165) is 69.8 Å². The maximum Gasteiger partial charge on any atom is 0.410 e. The number of carbonyl (C=O) groups is 1. The van der Waals surface area contributed by atoms with Gasteiger partial charge in [-0.05, 0) is 62.5 Å². The average Bonchev–Trinajstić information content (AvgIpc) is 3.29. The molecule has 35 heavy (non-hydrogen) atoms. The number of benzene rings is 2. The Labute approximate surface area is 211 Å². The largest absolute Gasteiger partial charge is 0.445 e. The van der Waals surface area contributed by atoms with Gasteiger partial charge in [-0.3, -0.25) is 0 Å². The molecule has 0 saturated carbocycles. The van der Waals surface area contributed by atoms with Crippen LogP contribution in [-0.2, 0) is 22.7 Å². The van der Waals surface area contributed by atoms with Gasteiger partial charge in [-0.25, -0.2) is 4.79 Å². The topological polar surface area (TPSA) is 59.0 Å². The lowest BCUT2D eigenvalue weighted by Crippen LogP contribution is -2.41. The zero-order valence-electron chi connectivity index (χ0n) is 21.3.